The Labute approximate surface area is 210 Å². The number of hydrogen-bond donors (Lipinski definition) is 0. The Kier molecular flexibility index (Phi) is 6.37. The van der Waals surface area contributed by atoms with E-state index in [1.165, 1.54) is 28.8 Å². The number of halogens is 2. The third-order valence-electron chi connectivity index (χ3n) is 5.39. The van der Waals surface area contributed by atoms with Gasteiger partial charge in [-0.2, -0.15) is 0 Å². The predicted molar refractivity (Wildman–Crippen MR) is 142 cm³/mol. The number of carbonyl (C=O) groups is 1. The summed E-state index contributed by atoms with van der Waals surface area (Å²) >= 11 is 12.7. The maximum atomic E-state index is 13.4. The van der Waals surface area contributed by atoms with Crippen molar-refractivity contribution in [3.8, 4) is 5.75 Å². The average Bonchev–Trinajstić information content (AvgIpc) is 3.13. The number of thiocarbonyl (C=S) groups is 1. The van der Waals surface area contributed by atoms with E-state index >= 15 is 0 Å². The van der Waals surface area contributed by atoms with Crippen LogP contribution in [0.3, 0.4) is 0 Å². The monoisotopic (exact) mass is 505 g/mol. The van der Waals surface area contributed by atoms with Gasteiger partial charge in [-0.25, -0.2) is 4.39 Å². The predicted octanol–water partition coefficient (Wildman–Crippen LogP) is 7.62. The molecular formula is C27H17ClFNO2S2. The van der Waals surface area contributed by atoms with E-state index in [0.29, 0.717) is 32.3 Å². The molecule has 1 amide bonds. The van der Waals surface area contributed by atoms with Crippen molar-refractivity contribution >= 4 is 68.3 Å². The van der Waals surface area contributed by atoms with E-state index in [0.717, 1.165) is 21.9 Å². The Bertz CT molecular complexity index is 1440. The molecule has 0 aromatic heterocycles. The first-order valence-electron chi connectivity index (χ1n) is 10.4. The van der Waals surface area contributed by atoms with Gasteiger partial charge in [0, 0.05) is 10.6 Å². The molecular weight excluding hydrogens is 489 g/mol. The fourth-order valence-electron chi connectivity index (χ4n) is 3.70. The van der Waals surface area contributed by atoms with Gasteiger partial charge in [-0.3, -0.25) is 9.69 Å². The third-order valence-corrected chi connectivity index (χ3v) is 6.95. The molecule has 1 aliphatic heterocycles. The summed E-state index contributed by atoms with van der Waals surface area (Å²) in [7, 11) is 0. The molecule has 4 aromatic rings. The van der Waals surface area contributed by atoms with Crippen LogP contribution in [0.25, 0.3) is 16.8 Å². The van der Waals surface area contributed by atoms with E-state index in [2.05, 4.69) is 0 Å². The van der Waals surface area contributed by atoms with Crippen LogP contribution >= 0.6 is 35.6 Å². The molecule has 0 radical (unpaired) electrons. The van der Waals surface area contributed by atoms with Crippen LogP contribution in [-0.2, 0) is 11.4 Å². The molecule has 0 unspecified atom stereocenters. The second-order valence-electron chi connectivity index (χ2n) is 7.61. The fourth-order valence-corrected chi connectivity index (χ4v) is 5.11. The van der Waals surface area contributed by atoms with Crippen LogP contribution in [0.15, 0.2) is 89.8 Å². The Morgan fingerprint density at radius 2 is 1.71 bits per heavy atom. The van der Waals surface area contributed by atoms with Gasteiger partial charge in [0.1, 0.15) is 18.2 Å². The summed E-state index contributed by atoms with van der Waals surface area (Å²) in [5.41, 5.74) is 2.31. The molecule has 1 fully saturated rings. The average molecular weight is 506 g/mol. The molecule has 0 spiro atoms. The summed E-state index contributed by atoms with van der Waals surface area (Å²) in [6.07, 6.45) is 1.82. The number of hydrogen-bond acceptors (Lipinski definition) is 4. The standard InChI is InChI=1S/C27H17ClFNO2S2/c28-19-8-5-17(6-9-19)16-32-24-14-7-18-3-1-2-4-22(18)23(24)15-25-26(31)30(27(33)34-25)21-12-10-20(29)11-13-21/h1-15H,16H2/b25-15-. The molecule has 1 saturated heterocycles. The van der Waals surface area contributed by atoms with Crippen LogP contribution in [0.4, 0.5) is 10.1 Å². The summed E-state index contributed by atoms with van der Waals surface area (Å²) in [6, 6.07) is 25.0. The third kappa shape index (κ3) is 4.57. The number of benzene rings is 4. The molecule has 0 saturated carbocycles. The Balaban J connectivity index is 1.52. The Morgan fingerprint density at radius 1 is 0.971 bits per heavy atom. The number of anilines is 1. The first kappa shape index (κ1) is 22.6. The largest absolute Gasteiger partial charge is 0.488 e. The topological polar surface area (TPSA) is 29.5 Å². The number of ether oxygens (including phenoxy) is 1. The quantitative estimate of drug-likeness (QED) is 0.206. The minimum atomic E-state index is -0.372. The second kappa shape index (κ2) is 9.58. The highest BCUT2D eigenvalue weighted by Crippen LogP contribution is 2.39. The highest BCUT2D eigenvalue weighted by molar-refractivity contribution is 8.27. The van der Waals surface area contributed by atoms with Crippen LogP contribution in [0.1, 0.15) is 11.1 Å². The maximum absolute atomic E-state index is 13.4. The van der Waals surface area contributed by atoms with Crippen molar-refractivity contribution in [2.24, 2.45) is 0 Å². The number of nitrogens with zero attached hydrogens (tertiary/aromatic N) is 1. The van der Waals surface area contributed by atoms with Crippen LogP contribution in [-0.4, -0.2) is 10.2 Å². The normalized spacial score (nSPS) is 14.9. The lowest BCUT2D eigenvalue weighted by molar-refractivity contribution is -0.113. The molecule has 34 heavy (non-hydrogen) atoms. The van der Waals surface area contributed by atoms with Gasteiger partial charge in [0.25, 0.3) is 5.91 Å². The first-order chi connectivity index (χ1) is 16.5. The molecule has 0 bridgehead atoms. The minimum Gasteiger partial charge on any atom is -0.488 e. The van der Waals surface area contributed by atoms with Gasteiger partial charge in [-0.05, 0) is 64.9 Å². The number of thioether (sulfide) groups is 1. The van der Waals surface area contributed by atoms with Gasteiger partial charge in [-0.1, -0.05) is 78.0 Å². The van der Waals surface area contributed by atoms with Gasteiger partial charge >= 0.3 is 0 Å². The maximum Gasteiger partial charge on any atom is 0.270 e. The number of fused-ring (bicyclic) bond motifs is 1. The number of carbonyl (C=O) groups excluding carboxylic acids is 1. The second-order valence-corrected chi connectivity index (χ2v) is 9.72. The van der Waals surface area contributed by atoms with Crippen molar-refractivity contribution in [3.63, 3.8) is 0 Å². The molecule has 7 heteroatoms. The summed E-state index contributed by atoms with van der Waals surface area (Å²) in [5, 5.41) is 2.66. The van der Waals surface area contributed by atoms with Crippen LogP contribution in [0, 0.1) is 5.82 Å². The number of rotatable bonds is 5. The fraction of sp³-hybridized carbons (Fsp3) is 0.0370. The zero-order valence-electron chi connectivity index (χ0n) is 17.7. The van der Waals surface area contributed by atoms with Crippen molar-refractivity contribution in [2.75, 3.05) is 4.90 Å². The first-order valence-corrected chi connectivity index (χ1v) is 12.0. The highest BCUT2D eigenvalue weighted by Gasteiger charge is 2.33. The molecule has 3 nitrogen and oxygen atoms in total. The van der Waals surface area contributed by atoms with Crippen molar-refractivity contribution in [1.82, 2.24) is 0 Å². The highest BCUT2D eigenvalue weighted by atomic mass is 35.5. The van der Waals surface area contributed by atoms with E-state index in [-0.39, 0.29) is 11.7 Å². The van der Waals surface area contributed by atoms with Gasteiger partial charge in [0.2, 0.25) is 0 Å². The summed E-state index contributed by atoms with van der Waals surface area (Å²) in [5.74, 6) is 0.0295. The zero-order valence-corrected chi connectivity index (χ0v) is 20.1. The summed E-state index contributed by atoms with van der Waals surface area (Å²) in [6.45, 7) is 0.354. The Morgan fingerprint density at radius 3 is 2.47 bits per heavy atom. The van der Waals surface area contributed by atoms with Crippen molar-refractivity contribution in [2.45, 2.75) is 6.61 Å². The van der Waals surface area contributed by atoms with Gasteiger partial charge in [0.15, 0.2) is 4.32 Å². The van der Waals surface area contributed by atoms with E-state index in [1.807, 2.05) is 66.7 Å². The zero-order chi connectivity index (χ0) is 23.7. The van der Waals surface area contributed by atoms with E-state index in [1.54, 1.807) is 12.1 Å². The van der Waals surface area contributed by atoms with E-state index in [4.69, 9.17) is 28.6 Å². The molecule has 5 rings (SSSR count). The van der Waals surface area contributed by atoms with Crippen LogP contribution in [0.2, 0.25) is 5.02 Å². The molecule has 0 atom stereocenters. The van der Waals surface area contributed by atoms with Crippen molar-refractivity contribution < 1.29 is 13.9 Å². The smallest absolute Gasteiger partial charge is 0.270 e. The summed E-state index contributed by atoms with van der Waals surface area (Å²) < 4.78 is 19.9. The van der Waals surface area contributed by atoms with Crippen LogP contribution in [0.5, 0.6) is 5.75 Å². The summed E-state index contributed by atoms with van der Waals surface area (Å²) in [4.78, 5) is 15.2. The van der Waals surface area contributed by atoms with E-state index in [9.17, 15) is 9.18 Å². The van der Waals surface area contributed by atoms with Crippen LogP contribution < -0.4 is 9.64 Å². The van der Waals surface area contributed by atoms with Crippen molar-refractivity contribution in [3.05, 3.63) is 112 Å². The Hall–Kier alpha value is -3.19. The SMILES string of the molecule is O=C1/C(=C/c2c(OCc3ccc(Cl)cc3)ccc3ccccc23)SC(=S)N1c1ccc(F)cc1. The van der Waals surface area contributed by atoms with E-state index < -0.39 is 0 Å². The molecule has 1 aliphatic rings. The minimum absolute atomic E-state index is 0.252. The number of amides is 1. The lowest BCUT2D eigenvalue weighted by Gasteiger charge is -2.14. The van der Waals surface area contributed by atoms with Gasteiger partial charge < -0.3 is 4.74 Å². The van der Waals surface area contributed by atoms with Crippen molar-refractivity contribution in [1.29, 1.82) is 0 Å². The van der Waals surface area contributed by atoms with Gasteiger partial charge in [-0.15, -0.1) is 0 Å². The lowest BCUT2D eigenvalue weighted by Crippen LogP contribution is -2.27. The molecule has 0 aliphatic carbocycles. The molecule has 4 aromatic carbocycles. The lowest BCUT2D eigenvalue weighted by atomic mass is 10.0. The molecule has 0 N–H and O–H groups in total. The molecule has 1 heterocycles. The molecule has 168 valence electrons. The van der Waals surface area contributed by atoms with Gasteiger partial charge in [0.05, 0.1) is 10.6 Å².